The van der Waals surface area contributed by atoms with Crippen molar-refractivity contribution in [3.8, 4) is 0 Å². The molecule has 3 N–H and O–H groups in total. The summed E-state index contributed by atoms with van der Waals surface area (Å²) in [6.07, 6.45) is -0.476. The van der Waals surface area contributed by atoms with Crippen molar-refractivity contribution in [3.05, 3.63) is 0 Å². The molecule has 0 fully saturated rings. The van der Waals surface area contributed by atoms with E-state index in [4.69, 9.17) is 10.5 Å². The van der Waals surface area contributed by atoms with Gasteiger partial charge in [0.05, 0.1) is 12.1 Å². The van der Waals surface area contributed by atoms with Crippen LogP contribution in [0.3, 0.4) is 0 Å². The molecule has 0 radical (unpaired) electrons. The molecule has 112 valence electrons. The summed E-state index contributed by atoms with van der Waals surface area (Å²) in [5.41, 5.74) is 4.56. The summed E-state index contributed by atoms with van der Waals surface area (Å²) in [6.45, 7) is 3.19. The van der Waals surface area contributed by atoms with Crippen molar-refractivity contribution in [2.24, 2.45) is 5.73 Å². The first-order chi connectivity index (χ1) is 8.64. The van der Waals surface area contributed by atoms with Gasteiger partial charge in [0.25, 0.3) is 0 Å². The van der Waals surface area contributed by atoms with Gasteiger partial charge >= 0.3 is 13.6 Å². The predicted molar refractivity (Wildman–Crippen MR) is 68.7 cm³/mol. The van der Waals surface area contributed by atoms with Gasteiger partial charge in [0.15, 0.2) is 0 Å². The van der Waals surface area contributed by atoms with Crippen molar-refractivity contribution < 1.29 is 27.9 Å². The maximum Gasteiger partial charge on any atom is 0.341 e. The molecule has 0 saturated heterocycles. The second-order valence-corrected chi connectivity index (χ2v) is 6.60. The van der Waals surface area contributed by atoms with Crippen molar-refractivity contribution in [1.82, 2.24) is 5.32 Å². The number of carbonyl (C=O) groups excluding carboxylic acids is 2. The second-order valence-electron chi connectivity index (χ2n) is 4.33. The molecule has 0 rings (SSSR count). The minimum Gasteiger partial charge on any atom is -0.463 e. The number of amides is 1. The minimum atomic E-state index is -3.41. The molecule has 0 aromatic rings. The molecule has 0 heterocycles. The van der Waals surface area contributed by atoms with Crippen LogP contribution in [0.2, 0.25) is 0 Å². The molecule has 0 saturated carbocycles. The van der Waals surface area contributed by atoms with E-state index in [2.05, 4.69) is 14.4 Å². The fourth-order valence-corrected chi connectivity index (χ4v) is 1.78. The Labute approximate surface area is 112 Å². The Morgan fingerprint density at radius 3 is 2.21 bits per heavy atom. The number of esters is 1. The van der Waals surface area contributed by atoms with Gasteiger partial charge in [-0.05, 0) is 13.8 Å². The third kappa shape index (κ3) is 7.27. The Bertz CT molecular complexity index is 358. The van der Waals surface area contributed by atoms with Crippen LogP contribution in [0.4, 0.5) is 0 Å². The maximum atomic E-state index is 11.6. The molecule has 0 bridgehead atoms. The molecule has 0 aliphatic carbocycles. The molecule has 0 atom stereocenters. The van der Waals surface area contributed by atoms with Crippen molar-refractivity contribution in [2.45, 2.75) is 19.4 Å². The summed E-state index contributed by atoms with van der Waals surface area (Å²) < 4.78 is 25.6. The summed E-state index contributed by atoms with van der Waals surface area (Å²) in [7, 11) is -1.05. The molecule has 19 heavy (non-hydrogen) atoms. The topological polar surface area (TPSA) is 117 Å². The average Bonchev–Trinajstić information content (AvgIpc) is 2.33. The first kappa shape index (κ1) is 18.0. The average molecular weight is 296 g/mol. The van der Waals surface area contributed by atoms with Crippen LogP contribution in [0.25, 0.3) is 0 Å². The quantitative estimate of drug-likeness (QED) is 0.364. The van der Waals surface area contributed by atoms with E-state index >= 15 is 0 Å². The van der Waals surface area contributed by atoms with E-state index in [1.165, 1.54) is 14.2 Å². The van der Waals surface area contributed by atoms with Crippen LogP contribution >= 0.6 is 7.60 Å². The van der Waals surface area contributed by atoms with Crippen LogP contribution in [0.15, 0.2) is 0 Å². The molecule has 0 unspecified atom stereocenters. The van der Waals surface area contributed by atoms with Gasteiger partial charge in [-0.3, -0.25) is 14.2 Å². The Hall–Kier alpha value is -0.950. The third-order valence-corrected chi connectivity index (χ3v) is 3.87. The molecule has 8 nitrogen and oxygen atoms in total. The van der Waals surface area contributed by atoms with E-state index in [-0.39, 0.29) is 19.1 Å². The summed E-state index contributed by atoms with van der Waals surface area (Å²) in [5.74, 6) is -1.09. The predicted octanol–water partition coefficient (Wildman–Crippen LogP) is -0.131. The number of hydrogen-bond donors (Lipinski definition) is 2. The van der Waals surface area contributed by atoms with E-state index in [0.717, 1.165) is 0 Å². The summed E-state index contributed by atoms with van der Waals surface area (Å²) >= 11 is 0. The normalized spacial score (nSPS) is 12.1. The van der Waals surface area contributed by atoms with E-state index in [1.807, 2.05) is 0 Å². The summed E-state index contributed by atoms with van der Waals surface area (Å²) in [6, 6.07) is 0. The number of rotatable bonds is 8. The van der Waals surface area contributed by atoms with E-state index in [1.54, 1.807) is 13.8 Å². The van der Waals surface area contributed by atoms with Gasteiger partial charge in [-0.25, -0.2) is 0 Å². The van der Waals surface area contributed by atoms with Crippen LogP contribution in [0.5, 0.6) is 0 Å². The molecule has 0 aliphatic heterocycles. The van der Waals surface area contributed by atoms with Gasteiger partial charge in [-0.1, -0.05) is 0 Å². The number of ether oxygens (including phenoxy) is 1. The fraction of sp³-hybridized carbons (Fsp3) is 0.800. The van der Waals surface area contributed by atoms with Crippen LogP contribution in [0.1, 0.15) is 13.8 Å². The van der Waals surface area contributed by atoms with Gasteiger partial charge in [-0.15, -0.1) is 0 Å². The first-order valence-electron chi connectivity index (χ1n) is 5.58. The lowest BCUT2D eigenvalue weighted by atomic mass is 10.1. The van der Waals surface area contributed by atoms with E-state index in [0.29, 0.717) is 0 Å². The standard InChI is InChI=1S/C10H21N2O6P/c1-10(2,11)9(14)12-5-6-18-8(13)7-19(15,16-3)17-4/h5-7,11H2,1-4H3,(H,12,14). The zero-order valence-electron chi connectivity index (χ0n) is 11.6. The van der Waals surface area contributed by atoms with E-state index < -0.39 is 25.3 Å². The van der Waals surface area contributed by atoms with Crippen LogP contribution < -0.4 is 11.1 Å². The largest absolute Gasteiger partial charge is 0.463 e. The zero-order valence-corrected chi connectivity index (χ0v) is 12.5. The summed E-state index contributed by atoms with van der Waals surface area (Å²) in [5, 5.41) is 2.50. The van der Waals surface area contributed by atoms with Crippen molar-refractivity contribution in [2.75, 3.05) is 33.5 Å². The van der Waals surface area contributed by atoms with Crippen LogP contribution in [-0.2, 0) is 27.9 Å². The van der Waals surface area contributed by atoms with Crippen LogP contribution in [-0.4, -0.2) is 50.9 Å². The molecule has 9 heteroatoms. The lowest BCUT2D eigenvalue weighted by Gasteiger charge is -2.17. The summed E-state index contributed by atoms with van der Waals surface area (Å²) in [4.78, 5) is 22.7. The SMILES string of the molecule is COP(=O)(CC(=O)OCCNC(=O)C(C)(C)N)OC. The highest BCUT2D eigenvalue weighted by Gasteiger charge is 2.26. The second kappa shape index (κ2) is 7.59. The zero-order chi connectivity index (χ0) is 15.1. The van der Waals surface area contributed by atoms with Gasteiger partial charge in [-0.2, -0.15) is 0 Å². The Morgan fingerprint density at radius 1 is 1.26 bits per heavy atom. The highest BCUT2D eigenvalue weighted by Crippen LogP contribution is 2.45. The van der Waals surface area contributed by atoms with Gasteiger partial charge in [0.2, 0.25) is 5.91 Å². The van der Waals surface area contributed by atoms with Gasteiger partial charge in [0.1, 0.15) is 12.8 Å². The number of carbonyl (C=O) groups is 2. The Kier molecular flexibility index (Phi) is 7.21. The fourth-order valence-electron chi connectivity index (χ4n) is 0.965. The number of nitrogens with one attached hydrogen (secondary N) is 1. The first-order valence-corrected chi connectivity index (χ1v) is 7.31. The van der Waals surface area contributed by atoms with Gasteiger partial charge < -0.3 is 24.8 Å². The number of hydrogen-bond acceptors (Lipinski definition) is 7. The molecular formula is C10H21N2O6P. The lowest BCUT2D eigenvalue weighted by Crippen LogP contribution is -2.49. The van der Waals surface area contributed by atoms with Gasteiger partial charge in [0, 0.05) is 14.2 Å². The molecular weight excluding hydrogens is 275 g/mol. The van der Waals surface area contributed by atoms with Crippen molar-refractivity contribution in [1.29, 1.82) is 0 Å². The monoisotopic (exact) mass is 296 g/mol. The van der Waals surface area contributed by atoms with E-state index in [9.17, 15) is 14.2 Å². The highest BCUT2D eigenvalue weighted by molar-refractivity contribution is 7.54. The minimum absolute atomic E-state index is 0.0475. The van der Waals surface area contributed by atoms with Crippen molar-refractivity contribution >= 4 is 19.5 Å². The lowest BCUT2D eigenvalue weighted by molar-refractivity contribution is -0.141. The number of nitrogens with two attached hydrogens (primary N) is 1. The molecule has 0 aliphatic rings. The smallest absolute Gasteiger partial charge is 0.341 e. The Balaban J connectivity index is 3.94. The third-order valence-electron chi connectivity index (χ3n) is 2.11. The Morgan fingerprint density at radius 2 is 1.79 bits per heavy atom. The van der Waals surface area contributed by atoms with Crippen LogP contribution in [0, 0.1) is 0 Å². The molecule has 1 amide bonds. The molecule has 0 aromatic carbocycles. The maximum absolute atomic E-state index is 11.6. The highest BCUT2D eigenvalue weighted by atomic mass is 31.2. The molecule has 0 spiro atoms. The van der Waals surface area contributed by atoms with Crippen molar-refractivity contribution in [3.63, 3.8) is 0 Å². The molecule has 0 aromatic heterocycles.